The fourth-order valence-corrected chi connectivity index (χ4v) is 5.34. The second-order valence-electron chi connectivity index (χ2n) is 11.2. The van der Waals surface area contributed by atoms with Gasteiger partial charge < -0.3 is 35.0 Å². The predicted octanol–water partition coefficient (Wildman–Crippen LogP) is 3.03. The Labute approximate surface area is 230 Å². The number of carbonyl (C=O) groups is 1. The number of fused-ring (bicyclic) bond motifs is 2. The third-order valence-electron chi connectivity index (χ3n) is 7.84. The molecule has 4 unspecified atom stereocenters. The molecule has 9 heteroatoms. The summed E-state index contributed by atoms with van der Waals surface area (Å²) < 4.78 is 12.1. The van der Waals surface area contributed by atoms with Crippen LogP contribution in [-0.2, 0) is 9.47 Å². The molecule has 3 aliphatic heterocycles. The number of aromatic hydroxyl groups is 3. The average molecular weight is 503 g/mol. The molecule has 3 heterocycles. The number of ether oxygens (including phenoxy) is 2. The van der Waals surface area contributed by atoms with E-state index < -0.39 is 5.60 Å². The van der Waals surface area contributed by atoms with E-state index in [0.717, 1.165) is 19.3 Å². The Kier molecular flexibility index (Phi) is 7.53. The van der Waals surface area contributed by atoms with E-state index in [0.29, 0.717) is 5.92 Å². The van der Waals surface area contributed by atoms with Crippen LogP contribution in [0.2, 0.25) is 0 Å². The second kappa shape index (κ2) is 10.1. The summed E-state index contributed by atoms with van der Waals surface area (Å²) in [6.07, 6.45) is 5.15. The Balaban J connectivity index is 0.00000320. The number of phenols is 3. The van der Waals surface area contributed by atoms with Crippen molar-refractivity contribution in [3.63, 3.8) is 0 Å². The first-order valence-electron chi connectivity index (χ1n) is 12.8. The molecule has 0 aliphatic carbocycles. The number of phenolic OH excluding ortho intramolecular Hbond substituents is 3. The molecule has 0 saturated carbocycles. The molecule has 37 heavy (non-hydrogen) atoms. The zero-order chi connectivity index (χ0) is 25.8. The number of nitrogens with zero attached hydrogens (tertiary/aromatic N) is 2. The maximum absolute atomic E-state index is 13.6. The molecule has 2 aromatic rings. The number of carbonyl (C=O) groups excluding carboxylic acids is 1. The molecule has 4 atom stereocenters. The SMILES string of the molecule is CC(C)CCCC1(C)OC1CCC1(C)OC1CN1C(=O)c2cccc(O)c2[N-]c2c(O)cc(O)cc21.[Li+]. The van der Waals surface area contributed by atoms with Gasteiger partial charge in [-0.05, 0) is 45.1 Å². The third kappa shape index (κ3) is 5.44. The smallest absolute Gasteiger partial charge is 0.650 e. The Morgan fingerprint density at radius 3 is 2.43 bits per heavy atom. The molecule has 3 N–H and O–H groups in total. The number of hydrogen-bond acceptors (Lipinski definition) is 6. The normalized spacial score (nSPS) is 27.6. The van der Waals surface area contributed by atoms with Crippen LogP contribution >= 0.6 is 0 Å². The van der Waals surface area contributed by atoms with E-state index in [4.69, 9.17) is 9.47 Å². The minimum atomic E-state index is -0.394. The fourth-order valence-electron chi connectivity index (χ4n) is 5.34. The zero-order valence-electron chi connectivity index (χ0n) is 22.3. The number of anilines is 1. The molecule has 0 aromatic heterocycles. The molecule has 2 aromatic carbocycles. The van der Waals surface area contributed by atoms with Crippen molar-refractivity contribution in [1.29, 1.82) is 0 Å². The topological polar surface area (TPSA) is 120 Å². The average Bonchev–Trinajstić information content (AvgIpc) is 3.67. The first-order chi connectivity index (χ1) is 17.0. The predicted molar refractivity (Wildman–Crippen MR) is 137 cm³/mol. The van der Waals surface area contributed by atoms with E-state index in [-0.39, 0.29) is 89.0 Å². The number of rotatable bonds is 9. The van der Waals surface area contributed by atoms with Crippen LogP contribution in [0.3, 0.4) is 0 Å². The van der Waals surface area contributed by atoms with Crippen molar-refractivity contribution in [2.45, 2.75) is 83.2 Å². The van der Waals surface area contributed by atoms with Gasteiger partial charge in [-0.1, -0.05) is 50.2 Å². The van der Waals surface area contributed by atoms with Crippen molar-refractivity contribution in [3.05, 3.63) is 41.2 Å². The molecular weight excluding hydrogens is 467 g/mol. The third-order valence-corrected chi connectivity index (χ3v) is 7.84. The number of epoxide rings is 2. The van der Waals surface area contributed by atoms with Crippen LogP contribution in [0.25, 0.3) is 5.32 Å². The number of para-hydroxylation sites is 1. The maximum atomic E-state index is 13.6. The van der Waals surface area contributed by atoms with Gasteiger partial charge in [-0.25, -0.2) is 0 Å². The monoisotopic (exact) mass is 502 g/mol. The van der Waals surface area contributed by atoms with Gasteiger partial charge in [0.25, 0.3) is 5.91 Å². The van der Waals surface area contributed by atoms with Gasteiger partial charge in [0, 0.05) is 23.4 Å². The molecule has 0 bridgehead atoms. The second-order valence-corrected chi connectivity index (χ2v) is 11.2. The van der Waals surface area contributed by atoms with Crippen LogP contribution in [0.4, 0.5) is 17.1 Å². The molecule has 8 nitrogen and oxygen atoms in total. The number of benzene rings is 2. The standard InChI is InChI=1S/C28H36N2O6.Li/c1-16(2)7-6-11-27(3)22(35-27)10-12-28(4)23(36-28)15-30-19-13-17(31)14-21(33)25(19)29-24-18(26(30)34)8-5-9-20(24)32;/h5,8-9,13-14,16,22-23H,6-7,10-12,15H2,1-4H3,(H4,29,31,32,33,34);/q;+1/p-1. The Bertz CT molecular complexity index is 1190. The van der Waals surface area contributed by atoms with Crippen molar-refractivity contribution < 1.29 is 48.4 Å². The van der Waals surface area contributed by atoms with Crippen LogP contribution in [0, 0.1) is 5.92 Å². The summed E-state index contributed by atoms with van der Waals surface area (Å²) in [6.45, 7) is 8.94. The van der Waals surface area contributed by atoms with E-state index in [2.05, 4.69) is 26.1 Å². The van der Waals surface area contributed by atoms with E-state index in [1.807, 2.05) is 6.92 Å². The van der Waals surface area contributed by atoms with Gasteiger partial charge in [0.1, 0.15) is 23.4 Å². The largest absolute Gasteiger partial charge is 1.00 e. The fraction of sp³-hybridized carbons (Fsp3) is 0.536. The van der Waals surface area contributed by atoms with E-state index in [1.165, 1.54) is 35.9 Å². The van der Waals surface area contributed by atoms with Crippen LogP contribution in [0.1, 0.15) is 70.2 Å². The summed E-state index contributed by atoms with van der Waals surface area (Å²) in [4.78, 5) is 15.0. The quantitative estimate of drug-likeness (QED) is 0.358. The Hall–Kier alpha value is -2.37. The Morgan fingerprint density at radius 2 is 1.70 bits per heavy atom. The molecule has 0 radical (unpaired) electrons. The van der Waals surface area contributed by atoms with E-state index >= 15 is 0 Å². The minimum absolute atomic E-state index is 0. The molecule has 0 spiro atoms. The molecule has 2 saturated heterocycles. The summed E-state index contributed by atoms with van der Waals surface area (Å²) in [7, 11) is 0. The molecule has 194 valence electrons. The summed E-state index contributed by atoms with van der Waals surface area (Å²) >= 11 is 0. The van der Waals surface area contributed by atoms with Gasteiger partial charge in [0.05, 0.1) is 23.9 Å². The number of hydrogen-bond donors (Lipinski definition) is 3. The zero-order valence-corrected chi connectivity index (χ0v) is 22.3. The van der Waals surface area contributed by atoms with Crippen molar-refractivity contribution in [2.75, 3.05) is 11.4 Å². The van der Waals surface area contributed by atoms with Gasteiger partial charge in [0.15, 0.2) is 0 Å². The molecule has 1 amide bonds. The van der Waals surface area contributed by atoms with Crippen LogP contribution in [-0.4, -0.2) is 51.2 Å². The maximum Gasteiger partial charge on any atom is 1.00 e. The van der Waals surface area contributed by atoms with Crippen molar-refractivity contribution in [3.8, 4) is 17.2 Å². The van der Waals surface area contributed by atoms with Gasteiger partial charge in [0.2, 0.25) is 0 Å². The molecule has 3 aliphatic rings. The summed E-state index contributed by atoms with van der Waals surface area (Å²) in [5, 5.41) is 35.4. The van der Waals surface area contributed by atoms with Crippen LogP contribution in [0.5, 0.6) is 17.2 Å². The molecule has 2 fully saturated rings. The van der Waals surface area contributed by atoms with Gasteiger partial charge in [-0.2, -0.15) is 0 Å². The Morgan fingerprint density at radius 1 is 1.00 bits per heavy atom. The molecular formula is C28H35LiN2O6. The van der Waals surface area contributed by atoms with E-state index in [1.54, 1.807) is 12.1 Å². The van der Waals surface area contributed by atoms with Crippen LogP contribution in [0.15, 0.2) is 30.3 Å². The molecule has 5 rings (SSSR count). The number of amides is 1. The minimum Gasteiger partial charge on any atom is -0.650 e. The summed E-state index contributed by atoms with van der Waals surface area (Å²) in [6, 6.07) is 7.19. The van der Waals surface area contributed by atoms with Crippen molar-refractivity contribution in [1.82, 2.24) is 0 Å². The van der Waals surface area contributed by atoms with Crippen molar-refractivity contribution in [2.24, 2.45) is 5.92 Å². The van der Waals surface area contributed by atoms with E-state index in [9.17, 15) is 20.1 Å². The van der Waals surface area contributed by atoms with Crippen LogP contribution < -0.4 is 23.8 Å². The van der Waals surface area contributed by atoms with Gasteiger partial charge in [-0.3, -0.25) is 4.79 Å². The first-order valence-corrected chi connectivity index (χ1v) is 12.8. The van der Waals surface area contributed by atoms with Gasteiger partial charge >= 0.3 is 18.9 Å². The first kappa shape index (κ1) is 27.7. The summed E-state index contributed by atoms with van der Waals surface area (Å²) in [5.41, 5.74) is 0.263. The summed E-state index contributed by atoms with van der Waals surface area (Å²) in [5.74, 6) is -0.300. The van der Waals surface area contributed by atoms with Gasteiger partial charge in [-0.15, -0.1) is 0 Å². The van der Waals surface area contributed by atoms with Crippen molar-refractivity contribution >= 4 is 23.0 Å².